The standard InChI is InChI=1S/C13H14N4O3/c18-12(16-3-5-17(6-4-16)13(19)20)9-1-2-10-11(7-9)15-8-14-10/h1-2,7-8H,3-6H2,(H,14,15)(H,19,20). The highest BCUT2D eigenvalue weighted by atomic mass is 16.4. The number of imidazole rings is 1. The smallest absolute Gasteiger partial charge is 0.407 e. The number of amides is 2. The minimum absolute atomic E-state index is 0.0773. The summed E-state index contributed by atoms with van der Waals surface area (Å²) in [5.74, 6) is -0.0773. The van der Waals surface area contributed by atoms with Gasteiger partial charge in [0.1, 0.15) is 0 Å². The van der Waals surface area contributed by atoms with E-state index in [1.54, 1.807) is 29.4 Å². The SMILES string of the molecule is O=C(O)N1CCN(C(=O)c2ccc3nc[nH]c3c2)CC1. The van der Waals surface area contributed by atoms with Crippen LogP contribution in [0.5, 0.6) is 0 Å². The van der Waals surface area contributed by atoms with Crippen molar-refractivity contribution in [1.82, 2.24) is 19.8 Å². The molecule has 2 aromatic rings. The Hall–Kier alpha value is -2.57. The lowest BCUT2D eigenvalue weighted by Crippen LogP contribution is -2.50. The number of aromatic amines is 1. The first-order valence-corrected chi connectivity index (χ1v) is 6.35. The quantitative estimate of drug-likeness (QED) is 0.811. The summed E-state index contributed by atoms with van der Waals surface area (Å²) in [5, 5.41) is 8.89. The van der Waals surface area contributed by atoms with Crippen molar-refractivity contribution in [3.05, 3.63) is 30.1 Å². The van der Waals surface area contributed by atoms with E-state index in [1.807, 2.05) is 0 Å². The van der Waals surface area contributed by atoms with Crippen molar-refractivity contribution in [1.29, 1.82) is 0 Å². The van der Waals surface area contributed by atoms with E-state index in [-0.39, 0.29) is 5.91 Å². The first kappa shape index (κ1) is 12.5. The zero-order valence-electron chi connectivity index (χ0n) is 10.7. The molecule has 1 aromatic heterocycles. The van der Waals surface area contributed by atoms with Gasteiger partial charge in [-0.05, 0) is 18.2 Å². The van der Waals surface area contributed by atoms with E-state index in [0.717, 1.165) is 11.0 Å². The highest BCUT2D eigenvalue weighted by Crippen LogP contribution is 2.14. The van der Waals surface area contributed by atoms with Gasteiger partial charge in [-0.2, -0.15) is 0 Å². The Bertz CT molecular complexity index is 658. The van der Waals surface area contributed by atoms with Crippen molar-refractivity contribution in [3.63, 3.8) is 0 Å². The number of hydrogen-bond donors (Lipinski definition) is 2. The van der Waals surface area contributed by atoms with E-state index in [1.165, 1.54) is 4.90 Å². The van der Waals surface area contributed by atoms with Crippen LogP contribution in [0, 0.1) is 0 Å². The molecule has 2 N–H and O–H groups in total. The maximum Gasteiger partial charge on any atom is 0.407 e. The van der Waals surface area contributed by atoms with Gasteiger partial charge in [-0.15, -0.1) is 0 Å². The minimum Gasteiger partial charge on any atom is -0.465 e. The van der Waals surface area contributed by atoms with Crippen LogP contribution >= 0.6 is 0 Å². The first-order chi connectivity index (χ1) is 9.65. The molecule has 104 valence electrons. The lowest BCUT2D eigenvalue weighted by atomic mass is 10.1. The summed E-state index contributed by atoms with van der Waals surface area (Å²) in [5.41, 5.74) is 2.22. The van der Waals surface area contributed by atoms with Gasteiger partial charge in [0.15, 0.2) is 0 Å². The van der Waals surface area contributed by atoms with E-state index in [2.05, 4.69) is 9.97 Å². The molecule has 0 atom stereocenters. The van der Waals surface area contributed by atoms with E-state index < -0.39 is 6.09 Å². The third kappa shape index (κ3) is 2.18. The summed E-state index contributed by atoms with van der Waals surface area (Å²) < 4.78 is 0. The van der Waals surface area contributed by atoms with Gasteiger partial charge in [-0.25, -0.2) is 9.78 Å². The van der Waals surface area contributed by atoms with Crippen LogP contribution in [0.15, 0.2) is 24.5 Å². The number of nitrogens with one attached hydrogen (secondary N) is 1. The summed E-state index contributed by atoms with van der Waals surface area (Å²) in [6, 6.07) is 5.32. The number of rotatable bonds is 1. The average Bonchev–Trinajstić information content (AvgIpc) is 2.94. The van der Waals surface area contributed by atoms with Gasteiger partial charge >= 0.3 is 6.09 Å². The minimum atomic E-state index is -0.934. The van der Waals surface area contributed by atoms with Crippen molar-refractivity contribution in [2.24, 2.45) is 0 Å². The molecular weight excluding hydrogens is 260 g/mol. The Morgan fingerprint density at radius 1 is 1.15 bits per heavy atom. The molecule has 1 aromatic carbocycles. The van der Waals surface area contributed by atoms with Gasteiger partial charge in [0, 0.05) is 31.7 Å². The summed E-state index contributed by atoms with van der Waals surface area (Å²) in [4.78, 5) is 33.3. The Kier molecular flexibility index (Phi) is 3.02. The normalized spacial score (nSPS) is 15.6. The van der Waals surface area contributed by atoms with Gasteiger partial charge in [0.2, 0.25) is 0 Å². The van der Waals surface area contributed by atoms with Crippen LogP contribution in [-0.4, -0.2) is 63.1 Å². The summed E-state index contributed by atoms with van der Waals surface area (Å²) in [7, 11) is 0. The van der Waals surface area contributed by atoms with Crippen LogP contribution in [-0.2, 0) is 0 Å². The monoisotopic (exact) mass is 274 g/mol. The Morgan fingerprint density at radius 3 is 2.55 bits per heavy atom. The van der Waals surface area contributed by atoms with Gasteiger partial charge in [0.25, 0.3) is 5.91 Å². The number of hydrogen-bond acceptors (Lipinski definition) is 3. The van der Waals surface area contributed by atoms with Crippen LogP contribution in [0.25, 0.3) is 11.0 Å². The zero-order chi connectivity index (χ0) is 14.1. The second-order valence-electron chi connectivity index (χ2n) is 4.70. The molecule has 0 unspecified atom stereocenters. The number of benzene rings is 1. The van der Waals surface area contributed by atoms with Crippen molar-refractivity contribution in [2.45, 2.75) is 0 Å². The number of carboxylic acid groups (broad SMARTS) is 1. The van der Waals surface area contributed by atoms with E-state index in [9.17, 15) is 9.59 Å². The van der Waals surface area contributed by atoms with Crippen LogP contribution in [0.3, 0.4) is 0 Å². The third-order valence-electron chi connectivity index (χ3n) is 3.50. The predicted octanol–water partition coefficient (Wildman–Crippen LogP) is 0.999. The molecule has 0 spiro atoms. The Labute approximate surface area is 114 Å². The lowest BCUT2D eigenvalue weighted by molar-refractivity contribution is 0.0625. The second-order valence-corrected chi connectivity index (χ2v) is 4.70. The summed E-state index contributed by atoms with van der Waals surface area (Å²) in [6.07, 6.45) is 0.654. The number of fused-ring (bicyclic) bond motifs is 1. The molecule has 20 heavy (non-hydrogen) atoms. The highest BCUT2D eigenvalue weighted by Gasteiger charge is 2.24. The highest BCUT2D eigenvalue weighted by molar-refractivity contribution is 5.97. The fraction of sp³-hybridized carbons (Fsp3) is 0.308. The van der Waals surface area contributed by atoms with E-state index >= 15 is 0 Å². The summed E-state index contributed by atoms with van der Waals surface area (Å²) >= 11 is 0. The van der Waals surface area contributed by atoms with Crippen LogP contribution in [0.2, 0.25) is 0 Å². The molecule has 0 saturated carbocycles. The molecule has 7 nitrogen and oxygen atoms in total. The van der Waals surface area contributed by atoms with Crippen molar-refractivity contribution in [3.8, 4) is 0 Å². The third-order valence-corrected chi connectivity index (χ3v) is 3.50. The van der Waals surface area contributed by atoms with Gasteiger partial charge < -0.3 is 19.9 Å². The molecule has 0 bridgehead atoms. The number of aromatic nitrogens is 2. The second kappa shape index (κ2) is 4.84. The van der Waals surface area contributed by atoms with Crippen molar-refractivity contribution >= 4 is 23.0 Å². The zero-order valence-corrected chi connectivity index (χ0v) is 10.7. The lowest BCUT2D eigenvalue weighted by Gasteiger charge is -2.33. The number of carbonyl (C=O) groups excluding carboxylic acids is 1. The first-order valence-electron chi connectivity index (χ1n) is 6.35. The summed E-state index contributed by atoms with van der Waals surface area (Å²) in [6.45, 7) is 1.55. The van der Waals surface area contributed by atoms with Crippen LogP contribution in [0.1, 0.15) is 10.4 Å². The molecular formula is C13H14N4O3. The molecule has 7 heteroatoms. The average molecular weight is 274 g/mol. The topological polar surface area (TPSA) is 89.5 Å². The van der Waals surface area contributed by atoms with Gasteiger partial charge in [-0.3, -0.25) is 4.79 Å². The van der Waals surface area contributed by atoms with E-state index in [4.69, 9.17) is 5.11 Å². The molecule has 2 heterocycles. The Morgan fingerprint density at radius 2 is 1.85 bits per heavy atom. The molecule has 1 saturated heterocycles. The predicted molar refractivity (Wildman–Crippen MR) is 71.6 cm³/mol. The number of nitrogens with zero attached hydrogens (tertiary/aromatic N) is 3. The number of H-pyrrole nitrogens is 1. The molecule has 1 fully saturated rings. The van der Waals surface area contributed by atoms with E-state index in [0.29, 0.717) is 31.7 Å². The van der Waals surface area contributed by atoms with Crippen LogP contribution in [0.4, 0.5) is 4.79 Å². The maximum absolute atomic E-state index is 12.4. The molecule has 1 aliphatic rings. The van der Waals surface area contributed by atoms with Gasteiger partial charge in [0.05, 0.1) is 17.4 Å². The largest absolute Gasteiger partial charge is 0.465 e. The van der Waals surface area contributed by atoms with Crippen LogP contribution < -0.4 is 0 Å². The molecule has 3 rings (SSSR count). The molecule has 1 aliphatic heterocycles. The maximum atomic E-state index is 12.4. The van der Waals surface area contributed by atoms with Gasteiger partial charge in [-0.1, -0.05) is 0 Å². The number of carbonyl (C=O) groups is 2. The fourth-order valence-corrected chi connectivity index (χ4v) is 2.35. The van der Waals surface area contributed by atoms with Crippen molar-refractivity contribution in [2.75, 3.05) is 26.2 Å². The number of piperazine rings is 1. The fourth-order valence-electron chi connectivity index (χ4n) is 2.35. The molecule has 0 aliphatic carbocycles. The molecule has 0 radical (unpaired) electrons. The molecule has 2 amide bonds. The van der Waals surface area contributed by atoms with Crippen molar-refractivity contribution < 1.29 is 14.7 Å². The Balaban J connectivity index is 1.74.